The monoisotopic (exact) mass is 381 g/mol. The number of nitrogens with one attached hydrogen (secondary N) is 1. The summed E-state index contributed by atoms with van der Waals surface area (Å²) in [5.74, 6) is -0.151. The molecule has 0 fully saturated rings. The number of carbonyl (C=O) groups excluding carboxylic acids is 2. The van der Waals surface area contributed by atoms with Gasteiger partial charge in [-0.15, -0.1) is 0 Å². The zero-order chi connectivity index (χ0) is 20.3. The number of carbonyl (C=O) groups is 2. The predicted molar refractivity (Wildman–Crippen MR) is 106 cm³/mol. The van der Waals surface area contributed by atoms with Gasteiger partial charge in [0.15, 0.2) is 11.4 Å². The predicted octanol–water partition coefficient (Wildman–Crippen LogP) is 3.72. The van der Waals surface area contributed by atoms with Crippen LogP contribution >= 0.6 is 0 Å². The number of hydrogen-bond donors (Lipinski definition) is 1. The number of aryl methyl sites for hydroxylation is 1. The highest BCUT2D eigenvalue weighted by Gasteiger charge is 2.20. The molecule has 0 atom stereocenters. The second-order valence-electron chi connectivity index (χ2n) is 6.52. The van der Waals surface area contributed by atoms with Gasteiger partial charge in [-0.2, -0.15) is 0 Å². The molecule has 3 aromatic rings. The van der Waals surface area contributed by atoms with Gasteiger partial charge in [-0.3, -0.25) is 9.20 Å². The summed E-state index contributed by atoms with van der Waals surface area (Å²) in [6.07, 6.45) is 2.15. The normalized spacial score (nSPS) is 10.9. The van der Waals surface area contributed by atoms with Gasteiger partial charge in [0.1, 0.15) is 5.69 Å². The molecule has 146 valence electrons. The lowest BCUT2D eigenvalue weighted by Gasteiger charge is -2.10. The van der Waals surface area contributed by atoms with Gasteiger partial charge in [-0.1, -0.05) is 13.0 Å². The minimum absolute atomic E-state index is 0.217. The Kier molecular flexibility index (Phi) is 5.63. The molecule has 2 aromatic heterocycles. The van der Waals surface area contributed by atoms with E-state index >= 15 is 0 Å². The van der Waals surface area contributed by atoms with Crippen LogP contribution in [0.1, 0.15) is 47.3 Å². The molecule has 0 saturated carbocycles. The van der Waals surface area contributed by atoms with Crippen LogP contribution in [0.2, 0.25) is 0 Å². The molecule has 7 nitrogen and oxygen atoms in total. The first kappa shape index (κ1) is 19.4. The Morgan fingerprint density at radius 1 is 1.21 bits per heavy atom. The van der Waals surface area contributed by atoms with Gasteiger partial charge in [-0.05, 0) is 50.6 Å². The van der Waals surface area contributed by atoms with Gasteiger partial charge in [0.2, 0.25) is 0 Å². The third-order valence-electron chi connectivity index (χ3n) is 4.16. The third-order valence-corrected chi connectivity index (χ3v) is 4.16. The Morgan fingerprint density at radius 3 is 2.68 bits per heavy atom. The summed E-state index contributed by atoms with van der Waals surface area (Å²) in [5.41, 5.74) is 2.57. The molecule has 28 heavy (non-hydrogen) atoms. The standard InChI is InChI=1S/C21H23N3O4/c1-5-16-18(24-11-7-10-17(27-4)19(24)23-16)20(25)22-15-9-6-8-14(12-15)21(26)28-13(2)3/h6-13H,5H2,1-4H3,(H,22,25). The zero-order valence-corrected chi connectivity index (χ0v) is 16.4. The van der Waals surface area contributed by atoms with Gasteiger partial charge in [-0.25, -0.2) is 9.78 Å². The van der Waals surface area contributed by atoms with Gasteiger partial charge in [0.25, 0.3) is 5.91 Å². The summed E-state index contributed by atoms with van der Waals surface area (Å²) in [7, 11) is 1.57. The summed E-state index contributed by atoms with van der Waals surface area (Å²) in [4.78, 5) is 29.6. The molecule has 1 aromatic carbocycles. The topological polar surface area (TPSA) is 81.9 Å². The number of ether oxygens (including phenoxy) is 2. The van der Waals surface area contributed by atoms with Crippen molar-refractivity contribution in [3.63, 3.8) is 0 Å². The van der Waals surface area contributed by atoms with Crippen LogP contribution in [0.4, 0.5) is 5.69 Å². The molecule has 7 heteroatoms. The Bertz CT molecular complexity index is 1020. The Hall–Kier alpha value is -3.35. The highest BCUT2D eigenvalue weighted by molar-refractivity contribution is 6.05. The van der Waals surface area contributed by atoms with Crippen LogP contribution in [-0.4, -0.2) is 34.5 Å². The molecule has 0 bridgehead atoms. The number of fused-ring (bicyclic) bond motifs is 1. The largest absolute Gasteiger partial charge is 0.493 e. The number of esters is 1. The fraction of sp³-hybridized carbons (Fsp3) is 0.286. The summed E-state index contributed by atoms with van der Waals surface area (Å²) in [6, 6.07) is 10.3. The molecule has 0 aliphatic heterocycles. The first-order valence-electron chi connectivity index (χ1n) is 9.11. The molecule has 0 saturated heterocycles. The SMILES string of the molecule is CCc1nc2c(OC)cccn2c1C(=O)Nc1cccc(C(=O)OC(C)C)c1. The summed E-state index contributed by atoms with van der Waals surface area (Å²) < 4.78 is 12.3. The van der Waals surface area contributed by atoms with Crippen LogP contribution in [0, 0.1) is 0 Å². The van der Waals surface area contributed by atoms with Crippen molar-refractivity contribution in [2.75, 3.05) is 12.4 Å². The Morgan fingerprint density at radius 2 is 2.00 bits per heavy atom. The number of nitrogens with zero attached hydrogens (tertiary/aromatic N) is 2. The average molecular weight is 381 g/mol. The van der Waals surface area contributed by atoms with Crippen molar-refractivity contribution in [1.82, 2.24) is 9.38 Å². The van der Waals surface area contributed by atoms with Crippen molar-refractivity contribution in [1.29, 1.82) is 0 Å². The molecular weight excluding hydrogens is 358 g/mol. The van der Waals surface area contributed by atoms with E-state index in [1.54, 1.807) is 68.0 Å². The van der Waals surface area contributed by atoms with E-state index in [1.807, 2.05) is 6.92 Å². The van der Waals surface area contributed by atoms with E-state index in [4.69, 9.17) is 9.47 Å². The zero-order valence-electron chi connectivity index (χ0n) is 16.4. The van der Waals surface area contributed by atoms with Crippen molar-refractivity contribution in [2.24, 2.45) is 0 Å². The van der Waals surface area contributed by atoms with E-state index in [0.29, 0.717) is 40.5 Å². The second-order valence-corrected chi connectivity index (χ2v) is 6.52. The highest BCUT2D eigenvalue weighted by Crippen LogP contribution is 2.23. The van der Waals surface area contributed by atoms with Crippen LogP contribution in [0.15, 0.2) is 42.6 Å². The lowest BCUT2D eigenvalue weighted by atomic mass is 10.2. The first-order chi connectivity index (χ1) is 13.4. The highest BCUT2D eigenvalue weighted by atomic mass is 16.5. The van der Waals surface area contributed by atoms with Crippen molar-refractivity contribution in [2.45, 2.75) is 33.3 Å². The van der Waals surface area contributed by atoms with Gasteiger partial charge in [0.05, 0.1) is 24.5 Å². The molecule has 2 heterocycles. The number of benzene rings is 1. The van der Waals surface area contributed by atoms with Crippen LogP contribution in [0.25, 0.3) is 5.65 Å². The molecule has 0 aliphatic carbocycles. The molecular formula is C21H23N3O4. The van der Waals surface area contributed by atoms with Crippen molar-refractivity contribution >= 4 is 23.2 Å². The molecule has 0 unspecified atom stereocenters. The van der Waals surface area contributed by atoms with E-state index in [9.17, 15) is 9.59 Å². The lowest BCUT2D eigenvalue weighted by molar-refractivity contribution is 0.0377. The van der Waals surface area contributed by atoms with E-state index in [2.05, 4.69) is 10.3 Å². The van der Waals surface area contributed by atoms with Crippen LogP contribution in [-0.2, 0) is 11.2 Å². The van der Waals surface area contributed by atoms with Gasteiger partial charge < -0.3 is 14.8 Å². The fourth-order valence-electron chi connectivity index (χ4n) is 2.93. The Labute approximate surface area is 163 Å². The molecule has 0 aliphatic rings. The lowest BCUT2D eigenvalue weighted by Crippen LogP contribution is -2.17. The maximum atomic E-state index is 13.0. The van der Waals surface area contributed by atoms with E-state index in [1.165, 1.54) is 0 Å². The van der Waals surface area contributed by atoms with Crippen molar-refractivity contribution in [3.05, 3.63) is 59.5 Å². The summed E-state index contributed by atoms with van der Waals surface area (Å²) in [6.45, 7) is 5.51. The van der Waals surface area contributed by atoms with Crippen LogP contribution in [0.5, 0.6) is 5.75 Å². The first-order valence-corrected chi connectivity index (χ1v) is 9.11. The number of pyridine rings is 1. The molecule has 3 rings (SSSR count). The van der Waals surface area contributed by atoms with E-state index in [-0.39, 0.29) is 12.0 Å². The summed E-state index contributed by atoms with van der Waals surface area (Å²) in [5, 5.41) is 2.85. The van der Waals surface area contributed by atoms with E-state index < -0.39 is 5.97 Å². The number of rotatable bonds is 6. The number of methoxy groups -OCH3 is 1. The second kappa shape index (κ2) is 8.12. The number of anilines is 1. The molecule has 0 radical (unpaired) electrons. The molecule has 0 spiro atoms. The minimum atomic E-state index is -0.431. The van der Waals surface area contributed by atoms with Gasteiger partial charge in [0, 0.05) is 11.9 Å². The third kappa shape index (κ3) is 3.83. The van der Waals surface area contributed by atoms with Crippen LogP contribution in [0.3, 0.4) is 0 Å². The molecule has 1 N–H and O–H groups in total. The van der Waals surface area contributed by atoms with Gasteiger partial charge >= 0.3 is 5.97 Å². The number of hydrogen-bond acceptors (Lipinski definition) is 5. The Balaban J connectivity index is 1.93. The smallest absolute Gasteiger partial charge is 0.338 e. The molecule has 1 amide bonds. The van der Waals surface area contributed by atoms with Crippen LogP contribution < -0.4 is 10.1 Å². The van der Waals surface area contributed by atoms with Crippen molar-refractivity contribution < 1.29 is 19.1 Å². The number of imidazole rings is 1. The quantitative estimate of drug-likeness (QED) is 0.658. The maximum absolute atomic E-state index is 13.0. The van der Waals surface area contributed by atoms with E-state index in [0.717, 1.165) is 0 Å². The minimum Gasteiger partial charge on any atom is -0.493 e. The summed E-state index contributed by atoms with van der Waals surface area (Å²) >= 11 is 0. The van der Waals surface area contributed by atoms with Crippen molar-refractivity contribution in [3.8, 4) is 5.75 Å². The fourth-order valence-corrected chi connectivity index (χ4v) is 2.93. The number of aromatic nitrogens is 2. The average Bonchev–Trinajstić information content (AvgIpc) is 3.06. The maximum Gasteiger partial charge on any atom is 0.338 e. The number of amides is 1.